The Hall–Kier alpha value is -2.61. The monoisotopic (exact) mass is 438 g/mol. The summed E-state index contributed by atoms with van der Waals surface area (Å²) in [5.74, 6) is -1.23. The van der Waals surface area contributed by atoms with Crippen molar-refractivity contribution in [3.8, 4) is 16.9 Å². The number of pyridine rings is 1. The number of hydrogen-bond donors (Lipinski definition) is 2. The van der Waals surface area contributed by atoms with Crippen LogP contribution in [0.2, 0.25) is 0 Å². The fraction of sp³-hybridized carbons (Fsp3) is 0.478. The zero-order valence-corrected chi connectivity index (χ0v) is 17.6. The van der Waals surface area contributed by atoms with Crippen molar-refractivity contribution in [2.75, 3.05) is 6.61 Å². The second-order valence-electron chi connectivity index (χ2n) is 7.50. The zero-order chi connectivity index (χ0) is 22.9. The minimum Gasteiger partial charge on any atom is -0.493 e. The van der Waals surface area contributed by atoms with Gasteiger partial charge in [-0.2, -0.15) is 13.2 Å². The lowest BCUT2D eigenvalue weighted by Gasteiger charge is -2.16. The minimum atomic E-state index is -4.55. The van der Waals surface area contributed by atoms with Gasteiger partial charge in [-0.1, -0.05) is 51.2 Å². The van der Waals surface area contributed by atoms with Gasteiger partial charge in [0.2, 0.25) is 0 Å². The molecule has 0 radical (unpaired) electrons. The van der Waals surface area contributed by atoms with Crippen molar-refractivity contribution in [2.45, 2.75) is 64.1 Å². The Morgan fingerprint density at radius 1 is 1.10 bits per heavy atom. The molecule has 0 saturated carbocycles. The molecule has 0 spiro atoms. The molecule has 1 aromatic carbocycles. The van der Waals surface area contributed by atoms with Gasteiger partial charge in [0.15, 0.2) is 0 Å². The SMILES string of the molecule is CCCCCCCCOc1ccc(-c2ccc(C(N)CC(=O)O)nc2)cc1C(F)(F)F. The average molecular weight is 438 g/mol. The lowest BCUT2D eigenvalue weighted by molar-refractivity contribution is -0.139. The second kappa shape index (κ2) is 11.7. The van der Waals surface area contributed by atoms with Crippen LogP contribution in [-0.2, 0) is 11.0 Å². The van der Waals surface area contributed by atoms with Gasteiger partial charge in [-0.25, -0.2) is 0 Å². The molecule has 1 aromatic heterocycles. The van der Waals surface area contributed by atoms with Crippen molar-refractivity contribution in [1.29, 1.82) is 0 Å². The number of unbranched alkanes of at least 4 members (excludes halogenated alkanes) is 5. The summed E-state index contributed by atoms with van der Waals surface area (Å²) in [6.45, 7) is 2.37. The van der Waals surface area contributed by atoms with Crippen molar-refractivity contribution < 1.29 is 27.8 Å². The smallest absolute Gasteiger partial charge is 0.419 e. The standard InChI is InChI=1S/C23H29F3N2O3/c1-2-3-4-5-6-7-12-31-21-11-9-16(13-18(21)23(24,25)26)17-8-10-20(28-15-17)19(27)14-22(29)30/h8-11,13,15,19H,2-7,12,14,27H2,1H3,(H,29,30). The summed E-state index contributed by atoms with van der Waals surface area (Å²) >= 11 is 0. The number of ether oxygens (including phenoxy) is 1. The van der Waals surface area contributed by atoms with Gasteiger partial charge in [-0.3, -0.25) is 9.78 Å². The van der Waals surface area contributed by atoms with Crippen LogP contribution in [0.25, 0.3) is 11.1 Å². The molecule has 0 fully saturated rings. The van der Waals surface area contributed by atoms with E-state index in [-0.39, 0.29) is 18.8 Å². The number of hydrogen-bond acceptors (Lipinski definition) is 4. The second-order valence-corrected chi connectivity index (χ2v) is 7.50. The fourth-order valence-electron chi connectivity index (χ4n) is 3.21. The van der Waals surface area contributed by atoms with E-state index in [1.54, 1.807) is 12.1 Å². The lowest BCUT2D eigenvalue weighted by Crippen LogP contribution is -2.16. The number of nitrogens with two attached hydrogens (primary N) is 1. The molecule has 8 heteroatoms. The molecule has 2 aromatic rings. The number of carboxylic acids is 1. The summed E-state index contributed by atoms with van der Waals surface area (Å²) in [6, 6.07) is 6.26. The van der Waals surface area contributed by atoms with Crippen molar-refractivity contribution in [3.63, 3.8) is 0 Å². The number of carboxylic acid groups (broad SMARTS) is 1. The number of benzene rings is 1. The van der Waals surface area contributed by atoms with Crippen molar-refractivity contribution >= 4 is 5.97 Å². The Bertz CT molecular complexity index is 839. The quantitative estimate of drug-likeness (QED) is 0.398. The van der Waals surface area contributed by atoms with E-state index in [1.807, 2.05) is 0 Å². The van der Waals surface area contributed by atoms with Crippen LogP contribution in [-0.4, -0.2) is 22.7 Å². The number of rotatable bonds is 12. The third-order valence-corrected chi connectivity index (χ3v) is 4.93. The summed E-state index contributed by atoms with van der Waals surface area (Å²) in [5, 5.41) is 8.81. The number of carbonyl (C=O) groups is 1. The summed E-state index contributed by atoms with van der Waals surface area (Å²) in [4.78, 5) is 14.9. The zero-order valence-electron chi connectivity index (χ0n) is 17.6. The Morgan fingerprint density at radius 2 is 1.77 bits per heavy atom. The van der Waals surface area contributed by atoms with E-state index in [0.29, 0.717) is 23.2 Å². The molecule has 1 atom stereocenters. The van der Waals surface area contributed by atoms with Crippen LogP contribution in [0.1, 0.15) is 69.2 Å². The Balaban J connectivity index is 2.09. The van der Waals surface area contributed by atoms with Gasteiger partial charge >= 0.3 is 12.1 Å². The van der Waals surface area contributed by atoms with E-state index in [1.165, 1.54) is 24.8 Å². The molecule has 1 heterocycles. The highest BCUT2D eigenvalue weighted by molar-refractivity contribution is 5.68. The molecule has 1 unspecified atom stereocenters. The number of aliphatic carboxylic acids is 1. The minimum absolute atomic E-state index is 0.183. The van der Waals surface area contributed by atoms with Crippen LogP contribution in [0.4, 0.5) is 13.2 Å². The van der Waals surface area contributed by atoms with Gasteiger partial charge in [0, 0.05) is 11.8 Å². The first-order valence-electron chi connectivity index (χ1n) is 10.5. The summed E-state index contributed by atoms with van der Waals surface area (Å²) in [7, 11) is 0. The van der Waals surface area contributed by atoms with Gasteiger partial charge in [0.25, 0.3) is 0 Å². The van der Waals surface area contributed by atoms with Gasteiger partial charge in [0.05, 0.1) is 30.3 Å². The highest BCUT2D eigenvalue weighted by atomic mass is 19.4. The van der Waals surface area contributed by atoms with Crippen LogP contribution in [0.5, 0.6) is 5.75 Å². The summed E-state index contributed by atoms with van der Waals surface area (Å²) in [5.41, 5.74) is 6.11. The van der Waals surface area contributed by atoms with E-state index < -0.39 is 23.8 Å². The predicted octanol–water partition coefficient (Wildman–Crippen LogP) is 5.98. The van der Waals surface area contributed by atoms with Crippen LogP contribution in [0.15, 0.2) is 36.5 Å². The molecule has 2 rings (SSSR count). The molecule has 0 amide bonds. The molecule has 170 valence electrons. The first kappa shape index (κ1) is 24.7. The van der Waals surface area contributed by atoms with Gasteiger partial charge in [-0.15, -0.1) is 0 Å². The molecule has 0 aliphatic rings. The highest BCUT2D eigenvalue weighted by Gasteiger charge is 2.34. The lowest BCUT2D eigenvalue weighted by atomic mass is 10.0. The van der Waals surface area contributed by atoms with Crippen molar-refractivity contribution in [1.82, 2.24) is 4.98 Å². The Labute approximate surface area is 180 Å². The summed E-state index contributed by atoms with van der Waals surface area (Å²) in [6.07, 6.45) is 2.70. The molecule has 0 aliphatic heterocycles. The molecule has 0 saturated heterocycles. The molecular formula is C23H29F3N2O3. The maximum atomic E-state index is 13.6. The van der Waals surface area contributed by atoms with E-state index in [4.69, 9.17) is 15.6 Å². The maximum absolute atomic E-state index is 13.6. The normalized spacial score (nSPS) is 12.5. The third-order valence-electron chi connectivity index (χ3n) is 4.93. The van der Waals surface area contributed by atoms with Crippen LogP contribution in [0.3, 0.4) is 0 Å². The van der Waals surface area contributed by atoms with Crippen molar-refractivity contribution in [3.05, 3.63) is 47.8 Å². The average Bonchev–Trinajstić information content (AvgIpc) is 2.72. The number of nitrogens with zero attached hydrogens (tertiary/aromatic N) is 1. The van der Waals surface area contributed by atoms with Gasteiger partial charge in [-0.05, 0) is 30.2 Å². The van der Waals surface area contributed by atoms with E-state index >= 15 is 0 Å². The van der Waals surface area contributed by atoms with Crippen LogP contribution in [0, 0.1) is 0 Å². The molecular weight excluding hydrogens is 409 g/mol. The van der Waals surface area contributed by atoms with Crippen LogP contribution >= 0.6 is 0 Å². The van der Waals surface area contributed by atoms with E-state index in [0.717, 1.165) is 31.7 Å². The molecule has 31 heavy (non-hydrogen) atoms. The van der Waals surface area contributed by atoms with Crippen LogP contribution < -0.4 is 10.5 Å². The topological polar surface area (TPSA) is 85.4 Å². The maximum Gasteiger partial charge on any atom is 0.419 e. The van der Waals surface area contributed by atoms with E-state index in [9.17, 15) is 18.0 Å². The predicted molar refractivity (Wildman–Crippen MR) is 113 cm³/mol. The molecule has 5 nitrogen and oxygen atoms in total. The van der Waals surface area contributed by atoms with Crippen molar-refractivity contribution in [2.24, 2.45) is 5.73 Å². The largest absolute Gasteiger partial charge is 0.493 e. The number of halogens is 3. The highest BCUT2D eigenvalue weighted by Crippen LogP contribution is 2.39. The Kier molecular flexibility index (Phi) is 9.30. The fourth-order valence-corrected chi connectivity index (χ4v) is 3.21. The van der Waals surface area contributed by atoms with E-state index in [2.05, 4.69) is 11.9 Å². The molecule has 0 aliphatic carbocycles. The molecule has 3 N–H and O–H groups in total. The molecule has 0 bridgehead atoms. The van der Waals surface area contributed by atoms with Gasteiger partial charge in [0.1, 0.15) is 5.75 Å². The van der Waals surface area contributed by atoms with Gasteiger partial charge < -0.3 is 15.6 Å². The number of aromatic nitrogens is 1. The number of alkyl halides is 3. The first-order valence-corrected chi connectivity index (χ1v) is 10.5. The Morgan fingerprint density at radius 3 is 2.39 bits per heavy atom. The third kappa shape index (κ3) is 7.86. The summed E-state index contributed by atoms with van der Waals surface area (Å²) < 4.78 is 46.2. The first-order chi connectivity index (χ1) is 14.7.